The third kappa shape index (κ3) is 8.55. The lowest BCUT2D eigenvalue weighted by Crippen LogP contribution is -2.57. The Morgan fingerprint density at radius 1 is 0.635 bits per heavy atom. The van der Waals surface area contributed by atoms with Gasteiger partial charge in [-0.2, -0.15) is 0 Å². The third-order valence-electron chi connectivity index (χ3n) is 10.8. The van der Waals surface area contributed by atoms with Gasteiger partial charge in [0.05, 0.1) is 24.2 Å². The third-order valence-corrected chi connectivity index (χ3v) is 10.8. The molecule has 52 heavy (non-hydrogen) atoms. The second kappa shape index (κ2) is 16.2. The number of hydrogen-bond donors (Lipinski definition) is 0. The number of esters is 2. The molecule has 0 spiro atoms. The van der Waals surface area contributed by atoms with Crippen molar-refractivity contribution in [3.8, 4) is 11.5 Å². The zero-order valence-electron chi connectivity index (χ0n) is 31.1. The summed E-state index contributed by atoms with van der Waals surface area (Å²) in [5.74, 6) is -5.67. The minimum absolute atomic E-state index is 0.0440. The Hall–Kier alpha value is -4.16. The Morgan fingerprint density at radius 2 is 1.00 bits per heavy atom. The van der Waals surface area contributed by atoms with Crippen LogP contribution in [0.5, 0.6) is 11.5 Å². The van der Waals surface area contributed by atoms with Crippen LogP contribution in [0.1, 0.15) is 97.8 Å². The van der Waals surface area contributed by atoms with Crippen molar-refractivity contribution in [2.24, 2.45) is 0 Å². The molecule has 0 radical (unpaired) electrons. The number of ether oxygens (including phenoxy) is 4. The number of fused-ring (bicyclic) bond motifs is 2. The number of hydrogen-bond acceptors (Lipinski definition) is 10. The fourth-order valence-electron chi connectivity index (χ4n) is 7.95. The summed E-state index contributed by atoms with van der Waals surface area (Å²) in [7, 11) is 7.59. The molecular formula is C40H54N4O8. The van der Waals surface area contributed by atoms with Gasteiger partial charge in [0.1, 0.15) is 11.5 Å². The first-order valence-electron chi connectivity index (χ1n) is 18.9. The van der Waals surface area contributed by atoms with Gasteiger partial charge in [-0.25, -0.2) is 9.59 Å². The molecule has 0 saturated heterocycles. The maximum atomic E-state index is 14.1. The highest BCUT2D eigenvalue weighted by atomic mass is 16.8. The lowest BCUT2D eigenvalue weighted by molar-refractivity contribution is -0.229. The molecule has 12 nitrogen and oxygen atoms in total. The molecule has 2 unspecified atom stereocenters. The Morgan fingerprint density at radius 3 is 1.37 bits per heavy atom. The number of benzene rings is 2. The first kappa shape index (κ1) is 37.6. The molecule has 2 aliphatic heterocycles. The van der Waals surface area contributed by atoms with Gasteiger partial charge in [0.15, 0.2) is 0 Å². The summed E-state index contributed by atoms with van der Waals surface area (Å²) < 4.78 is 25.4. The topological polar surface area (TPSA) is 118 Å². The SMILES string of the molecule is CN(C)CCC1(OC(=O)C(=O)OC2(CCN(C)C)CN(C3CCCCC3)C(=O)c3ccccc3O2)CN(C2CCCCC2)C(=O)c2ccccc2O1. The summed E-state index contributed by atoms with van der Waals surface area (Å²) in [5.41, 5.74) is 0.776. The van der Waals surface area contributed by atoms with E-state index in [1.165, 1.54) is 0 Å². The van der Waals surface area contributed by atoms with Crippen molar-refractivity contribution in [3.63, 3.8) is 0 Å². The van der Waals surface area contributed by atoms with Crippen molar-refractivity contribution in [2.45, 2.75) is 101 Å². The molecule has 2 heterocycles. The van der Waals surface area contributed by atoms with E-state index in [-0.39, 0.29) is 49.8 Å². The summed E-state index contributed by atoms with van der Waals surface area (Å²) in [5, 5.41) is 0. The van der Waals surface area contributed by atoms with Gasteiger partial charge in [-0.1, -0.05) is 62.8 Å². The standard InChI is InChI=1S/C40H54N4O8/c1-41(2)25-23-39(27-43(29-15-7-5-8-16-29)35(45)31-19-11-13-21-33(31)49-39)51-37(47)38(48)52-40(24-26-42(3)4)28-44(30-17-9-6-10-18-30)36(46)32-20-12-14-22-34(32)50-40/h11-14,19-22,29-30H,5-10,15-18,23-28H2,1-4H3. The fraction of sp³-hybridized carbons (Fsp3) is 0.600. The molecule has 2 saturated carbocycles. The number of carbonyl (C=O) groups is 4. The van der Waals surface area contributed by atoms with Gasteiger partial charge < -0.3 is 38.5 Å². The van der Waals surface area contributed by atoms with Crippen molar-refractivity contribution in [1.29, 1.82) is 0 Å². The maximum absolute atomic E-state index is 14.1. The predicted molar refractivity (Wildman–Crippen MR) is 194 cm³/mol. The van der Waals surface area contributed by atoms with Crippen molar-refractivity contribution < 1.29 is 38.1 Å². The van der Waals surface area contributed by atoms with Crippen LogP contribution in [0.3, 0.4) is 0 Å². The fourth-order valence-corrected chi connectivity index (χ4v) is 7.95. The lowest BCUT2D eigenvalue weighted by atomic mass is 9.93. The first-order chi connectivity index (χ1) is 25.0. The molecule has 2 aromatic carbocycles. The predicted octanol–water partition coefficient (Wildman–Crippen LogP) is 5.10. The summed E-state index contributed by atoms with van der Waals surface area (Å²) >= 11 is 0. The van der Waals surface area contributed by atoms with E-state index in [4.69, 9.17) is 18.9 Å². The molecule has 2 amide bonds. The monoisotopic (exact) mass is 718 g/mol. The second-order valence-corrected chi connectivity index (χ2v) is 15.4. The van der Waals surface area contributed by atoms with E-state index >= 15 is 0 Å². The van der Waals surface area contributed by atoms with Gasteiger partial charge in [-0.15, -0.1) is 0 Å². The highest BCUT2D eigenvalue weighted by Crippen LogP contribution is 2.38. The van der Waals surface area contributed by atoms with Crippen LogP contribution in [0.4, 0.5) is 0 Å². The molecule has 0 aromatic heterocycles. The van der Waals surface area contributed by atoms with Crippen LogP contribution in [0.15, 0.2) is 48.5 Å². The van der Waals surface area contributed by atoms with Crippen molar-refractivity contribution >= 4 is 23.8 Å². The van der Waals surface area contributed by atoms with Crippen molar-refractivity contribution in [2.75, 3.05) is 54.4 Å². The molecule has 2 aromatic rings. The Bertz CT molecular complexity index is 1490. The van der Waals surface area contributed by atoms with Crippen LogP contribution in [0.2, 0.25) is 0 Å². The molecule has 6 rings (SSSR count). The minimum Gasteiger partial charge on any atom is -0.449 e. The van der Waals surface area contributed by atoms with E-state index in [9.17, 15) is 19.2 Å². The van der Waals surface area contributed by atoms with E-state index in [2.05, 4.69) is 0 Å². The second-order valence-electron chi connectivity index (χ2n) is 15.4. The maximum Gasteiger partial charge on any atom is 0.420 e. The van der Waals surface area contributed by atoms with Crippen LogP contribution in [-0.4, -0.2) is 121 Å². The van der Waals surface area contributed by atoms with Gasteiger partial charge in [-0.3, -0.25) is 9.59 Å². The van der Waals surface area contributed by atoms with Crippen molar-refractivity contribution in [1.82, 2.24) is 19.6 Å². The zero-order chi connectivity index (χ0) is 36.9. The zero-order valence-corrected chi connectivity index (χ0v) is 31.1. The van der Waals surface area contributed by atoms with E-state index in [0.717, 1.165) is 64.2 Å². The smallest absolute Gasteiger partial charge is 0.420 e. The van der Waals surface area contributed by atoms with E-state index < -0.39 is 23.5 Å². The Labute approximate surface area is 307 Å². The van der Waals surface area contributed by atoms with Crippen LogP contribution in [-0.2, 0) is 19.1 Å². The average molecular weight is 719 g/mol. The summed E-state index contributed by atoms with van der Waals surface area (Å²) in [6.07, 6.45) is 9.86. The van der Waals surface area contributed by atoms with E-state index in [1.54, 1.807) is 58.3 Å². The molecule has 0 N–H and O–H groups in total. The molecule has 2 aliphatic carbocycles. The molecule has 2 atom stereocenters. The van der Waals surface area contributed by atoms with E-state index in [1.807, 2.05) is 38.0 Å². The van der Waals surface area contributed by atoms with Gasteiger partial charge in [-0.05, 0) is 78.1 Å². The van der Waals surface area contributed by atoms with Crippen LogP contribution < -0.4 is 9.47 Å². The van der Waals surface area contributed by atoms with E-state index in [0.29, 0.717) is 35.7 Å². The summed E-state index contributed by atoms with van der Waals surface area (Å²) in [6, 6.07) is 13.8. The van der Waals surface area contributed by atoms with Crippen molar-refractivity contribution in [3.05, 3.63) is 59.7 Å². The average Bonchev–Trinajstić information content (AvgIpc) is 3.35. The molecule has 0 bridgehead atoms. The number of para-hydroxylation sites is 2. The minimum atomic E-state index is -1.68. The lowest BCUT2D eigenvalue weighted by Gasteiger charge is -2.41. The molecule has 4 aliphatic rings. The Balaban J connectivity index is 1.33. The highest BCUT2D eigenvalue weighted by molar-refractivity contribution is 6.30. The molecule has 2 fully saturated rings. The summed E-state index contributed by atoms with van der Waals surface area (Å²) in [4.78, 5) is 63.9. The largest absolute Gasteiger partial charge is 0.449 e. The molecule has 12 heteroatoms. The number of amides is 2. The van der Waals surface area contributed by atoms with Gasteiger partial charge in [0, 0.05) is 38.0 Å². The Kier molecular flexibility index (Phi) is 11.7. The molecular weight excluding hydrogens is 664 g/mol. The normalized spacial score (nSPS) is 24.3. The first-order valence-corrected chi connectivity index (χ1v) is 18.9. The van der Waals surface area contributed by atoms with Gasteiger partial charge in [0.2, 0.25) is 0 Å². The number of nitrogens with zero attached hydrogens (tertiary/aromatic N) is 4. The molecule has 282 valence electrons. The van der Waals surface area contributed by atoms with Gasteiger partial charge >= 0.3 is 11.9 Å². The highest BCUT2D eigenvalue weighted by Gasteiger charge is 2.50. The summed E-state index contributed by atoms with van der Waals surface area (Å²) in [6.45, 7) is 0.805. The van der Waals surface area contributed by atoms with Crippen LogP contribution >= 0.6 is 0 Å². The van der Waals surface area contributed by atoms with Crippen LogP contribution in [0, 0.1) is 0 Å². The van der Waals surface area contributed by atoms with Gasteiger partial charge in [0.25, 0.3) is 23.4 Å². The number of rotatable bonds is 10. The van der Waals surface area contributed by atoms with Crippen LogP contribution in [0.25, 0.3) is 0 Å². The quantitative estimate of drug-likeness (QED) is 0.243. The number of carbonyl (C=O) groups excluding carboxylic acids is 4.